The molecule has 0 radical (unpaired) electrons. The maximum absolute atomic E-state index is 12.6. The van der Waals surface area contributed by atoms with Crippen molar-refractivity contribution in [2.24, 2.45) is 0 Å². The minimum absolute atomic E-state index is 0.0506. The second-order valence-corrected chi connectivity index (χ2v) is 6.14. The molecule has 124 valence electrons. The molecule has 2 aromatic rings. The number of anilines is 2. The van der Waals surface area contributed by atoms with Gasteiger partial charge in [0, 0.05) is 11.1 Å². The molecule has 0 spiro atoms. The summed E-state index contributed by atoms with van der Waals surface area (Å²) in [5, 5.41) is 3.90. The molecule has 7 heteroatoms. The molecule has 5 nitrogen and oxygen atoms in total. The number of rotatable bonds is 4. The predicted molar refractivity (Wildman–Crippen MR) is 94.0 cm³/mol. The number of ether oxygens (including phenoxy) is 1. The van der Waals surface area contributed by atoms with Crippen molar-refractivity contribution < 1.29 is 14.3 Å². The number of hydrogen-bond acceptors (Lipinski definition) is 4. The van der Waals surface area contributed by atoms with Gasteiger partial charge in [0.05, 0.1) is 29.9 Å². The van der Waals surface area contributed by atoms with Gasteiger partial charge in [0.25, 0.3) is 5.91 Å². The zero-order valence-corrected chi connectivity index (χ0v) is 14.3. The first-order valence-electron chi connectivity index (χ1n) is 7.22. The van der Waals surface area contributed by atoms with Crippen LogP contribution in [0.1, 0.15) is 6.42 Å². The summed E-state index contributed by atoms with van der Waals surface area (Å²) in [6.45, 7) is 0. The third-order valence-electron chi connectivity index (χ3n) is 3.72. The Morgan fingerprint density at radius 2 is 1.96 bits per heavy atom. The summed E-state index contributed by atoms with van der Waals surface area (Å²) in [5.74, 6) is -0.0413. The topological polar surface area (TPSA) is 58.6 Å². The van der Waals surface area contributed by atoms with Gasteiger partial charge in [-0.1, -0.05) is 29.3 Å². The Bertz CT molecular complexity index is 810. The van der Waals surface area contributed by atoms with Crippen LogP contribution in [0.25, 0.3) is 0 Å². The molecular formula is C17H14Cl2N2O3. The first-order valence-corrected chi connectivity index (χ1v) is 7.97. The van der Waals surface area contributed by atoms with E-state index in [-0.39, 0.29) is 18.2 Å². The SMILES string of the molecule is COc1cccc(N2C(=O)CC(Nc3ccc(Cl)cc3Cl)C2=O)c1. The van der Waals surface area contributed by atoms with Crippen LogP contribution in [0.5, 0.6) is 5.75 Å². The molecule has 1 aliphatic rings. The van der Waals surface area contributed by atoms with E-state index in [4.69, 9.17) is 27.9 Å². The Morgan fingerprint density at radius 1 is 1.17 bits per heavy atom. The van der Waals surface area contributed by atoms with Crippen LogP contribution in [0.15, 0.2) is 42.5 Å². The van der Waals surface area contributed by atoms with Gasteiger partial charge in [-0.15, -0.1) is 0 Å². The van der Waals surface area contributed by atoms with Crippen LogP contribution in [0, 0.1) is 0 Å². The quantitative estimate of drug-likeness (QED) is 0.839. The van der Waals surface area contributed by atoms with Crippen molar-refractivity contribution in [3.63, 3.8) is 0 Å². The van der Waals surface area contributed by atoms with E-state index >= 15 is 0 Å². The molecule has 1 saturated heterocycles. The maximum Gasteiger partial charge on any atom is 0.256 e. The van der Waals surface area contributed by atoms with Gasteiger partial charge < -0.3 is 10.1 Å². The Morgan fingerprint density at radius 3 is 2.67 bits per heavy atom. The van der Waals surface area contributed by atoms with Gasteiger partial charge in [-0.05, 0) is 30.3 Å². The van der Waals surface area contributed by atoms with Crippen LogP contribution in [0.4, 0.5) is 11.4 Å². The fourth-order valence-corrected chi connectivity index (χ4v) is 3.02. The van der Waals surface area contributed by atoms with E-state index < -0.39 is 6.04 Å². The van der Waals surface area contributed by atoms with E-state index in [1.165, 1.54) is 7.11 Å². The minimum atomic E-state index is -0.678. The van der Waals surface area contributed by atoms with Crippen molar-refractivity contribution >= 4 is 46.4 Å². The molecule has 1 atom stereocenters. The average Bonchev–Trinajstić information content (AvgIpc) is 2.84. The number of imide groups is 1. The number of nitrogens with one attached hydrogen (secondary N) is 1. The molecule has 2 amide bonds. The highest BCUT2D eigenvalue weighted by Gasteiger charge is 2.39. The monoisotopic (exact) mass is 364 g/mol. The minimum Gasteiger partial charge on any atom is -0.497 e. The number of hydrogen-bond donors (Lipinski definition) is 1. The summed E-state index contributed by atoms with van der Waals surface area (Å²) in [7, 11) is 1.53. The lowest BCUT2D eigenvalue weighted by molar-refractivity contribution is -0.121. The van der Waals surface area contributed by atoms with Crippen LogP contribution in [0.2, 0.25) is 10.0 Å². The summed E-state index contributed by atoms with van der Waals surface area (Å²) >= 11 is 12.0. The Kier molecular flexibility index (Phi) is 4.64. The van der Waals surface area contributed by atoms with Gasteiger partial charge in [-0.3, -0.25) is 9.59 Å². The first kappa shape index (κ1) is 16.6. The van der Waals surface area contributed by atoms with Crippen molar-refractivity contribution in [2.75, 3.05) is 17.3 Å². The molecule has 0 bridgehead atoms. The summed E-state index contributed by atoms with van der Waals surface area (Å²) in [6, 6.07) is 11.1. The highest BCUT2D eigenvalue weighted by molar-refractivity contribution is 6.36. The van der Waals surface area contributed by atoms with Gasteiger partial charge in [0.15, 0.2) is 0 Å². The Hall–Kier alpha value is -2.24. The smallest absolute Gasteiger partial charge is 0.256 e. The van der Waals surface area contributed by atoms with Crippen LogP contribution >= 0.6 is 23.2 Å². The molecule has 1 N–H and O–H groups in total. The molecule has 2 aromatic carbocycles. The zero-order valence-electron chi connectivity index (χ0n) is 12.8. The number of amides is 2. The van der Waals surface area contributed by atoms with Crippen molar-refractivity contribution in [3.8, 4) is 5.75 Å². The molecule has 0 saturated carbocycles. The molecule has 24 heavy (non-hydrogen) atoms. The zero-order chi connectivity index (χ0) is 17.3. The van der Waals surface area contributed by atoms with Gasteiger partial charge in [0.1, 0.15) is 11.8 Å². The Labute approximate surface area is 149 Å². The molecule has 1 fully saturated rings. The first-order chi connectivity index (χ1) is 11.5. The van der Waals surface area contributed by atoms with Gasteiger partial charge in [0.2, 0.25) is 5.91 Å². The lowest BCUT2D eigenvalue weighted by Crippen LogP contribution is -2.34. The van der Waals surface area contributed by atoms with Crippen LogP contribution in [-0.4, -0.2) is 25.0 Å². The van der Waals surface area contributed by atoms with Crippen LogP contribution < -0.4 is 15.0 Å². The second-order valence-electron chi connectivity index (χ2n) is 5.29. The molecule has 1 heterocycles. The van der Waals surface area contributed by atoms with Gasteiger partial charge in [-0.2, -0.15) is 0 Å². The molecular weight excluding hydrogens is 351 g/mol. The van der Waals surface area contributed by atoms with Crippen molar-refractivity contribution in [1.82, 2.24) is 0 Å². The van der Waals surface area contributed by atoms with E-state index in [0.717, 1.165) is 4.90 Å². The second kappa shape index (κ2) is 6.71. The van der Waals surface area contributed by atoms with Crippen molar-refractivity contribution in [1.29, 1.82) is 0 Å². The van der Waals surface area contributed by atoms with Gasteiger partial charge in [-0.25, -0.2) is 4.90 Å². The summed E-state index contributed by atoms with van der Waals surface area (Å²) < 4.78 is 5.14. The highest BCUT2D eigenvalue weighted by atomic mass is 35.5. The molecule has 1 unspecified atom stereocenters. The van der Waals surface area contributed by atoms with E-state index in [1.54, 1.807) is 42.5 Å². The lowest BCUT2D eigenvalue weighted by atomic mass is 10.2. The maximum atomic E-state index is 12.6. The number of methoxy groups -OCH3 is 1. The molecule has 3 rings (SSSR count). The molecule has 1 aliphatic heterocycles. The van der Waals surface area contributed by atoms with E-state index in [2.05, 4.69) is 5.32 Å². The normalized spacial score (nSPS) is 17.3. The number of carbonyl (C=O) groups is 2. The van der Waals surface area contributed by atoms with Gasteiger partial charge >= 0.3 is 0 Å². The fourth-order valence-electron chi connectivity index (χ4n) is 2.56. The fraction of sp³-hybridized carbons (Fsp3) is 0.176. The number of carbonyl (C=O) groups excluding carboxylic acids is 2. The predicted octanol–water partition coefficient (Wildman–Crippen LogP) is 3.75. The third-order valence-corrected chi connectivity index (χ3v) is 4.27. The van der Waals surface area contributed by atoms with Crippen molar-refractivity contribution in [3.05, 3.63) is 52.5 Å². The van der Waals surface area contributed by atoms with E-state index in [0.29, 0.717) is 27.2 Å². The van der Waals surface area contributed by atoms with Crippen molar-refractivity contribution in [2.45, 2.75) is 12.5 Å². The third kappa shape index (κ3) is 3.18. The van der Waals surface area contributed by atoms with Crippen LogP contribution in [-0.2, 0) is 9.59 Å². The molecule has 0 aromatic heterocycles. The largest absolute Gasteiger partial charge is 0.497 e. The molecule has 0 aliphatic carbocycles. The lowest BCUT2D eigenvalue weighted by Gasteiger charge is -2.17. The van der Waals surface area contributed by atoms with E-state index in [1.807, 2.05) is 0 Å². The summed E-state index contributed by atoms with van der Waals surface area (Å²) in [4.78, 5) is 26.1. The number of halogens is 2. The van der Waals surface area contributed by atoms with Crippen LogP contribution in [0.3, 0.4) is 0 Å². The highest BCUT2D eigenvalue weighted by Crippen LogP contribution is 2.30. The standard InChI is InChI=1S/C17H14Cl2N2O3/c1-24-12-4-2-3-11(8-12)21-16(22)9-15(17(21)23)20-14-6-5-10(18)7-13(14)19/h2-8,15,20H,9H2,1H3. The Balaban J connectivity index is 1.83. The number of benzene rings is 2. The average molecular weight is 365 g/mol. The summed E-state index contributed by atoms with van der Waals surface area (Å²) in [6.07, 6.45) is 0.0506. The van der Waals surface area contributed by atoms with E-state index in [9.17, 15) is 9.59 Å². The number of nitrogens with zero attached hydrogens (tertiary/aromatic N) is 1. The summed E-state index contributed by atoms with van der Waals surface area (Å²) in [5.41, 5.74) is 1.04.